The summed E-state index contributed by atoms with van der Waals surface area (Å²) in [5.41, 5.74) is 2.18. The zero-order valence-corrected chi connectivity index (χ0v) is 12.6. The molecule has 23 heavy (non-hydrogen) atoms. The largest absolute Gasteiger partial charge is 0.288 e. The third-order valence-electron chi connectivity index (χ3n) is 3.17. The molecule has 112 valence electrons. The lowest BCUT2D eigenvalue weighted by Gasteiger charge is -1.99. The molecule has 0 atom stereocenters. The zero-order valence-electron chi connectivity index (χ0n) is 11.7. The molecule has 0 saturated heterocycles. The first-order valence-corrected chi connectivity index (χ1v) is 7.66. The van der Waals surface area contributed by atoms with E-state index in [9.17, 15) is 4.79 Å². The summed E-state index contributed by atoms with van der Waals surface area (Å²) in [6.45, 7) is 0. The van der Waals surface area contributed by atoms with Crippen molar-refractivity contribution in [3.63, 3.8) is 0 Å². The van der Waals surface area contributed by atoms with E-state index in [1.807, 2.05) is 35.7 Å². The van der Waals surface area contributed by atoms with Gasteiger partial charge in [0.25, 0.3) is 11.9 Å². The predicted octanol–water partition coefficient (Wildman–Crippen LogP) is 2.50. The van der Waals surface area contributed by atoms with Crippen molar-refractivity contribution in [1.29, 1.82) is 0 Å². The second-order valence-electron chi connectivity index (χ2n) is 4.66. The van der Waals surface area contributed by atoms with Crippen LogP contribution < -0.4 is 5.32 Å². The number of nitrogens with zero attached hydrogens (tertiary/aromatic N) is 5. The van der Waals surface area contributed by atoms with Crippen LogP contribution in [-0.2, 0) is 0 Å². The number of hydrogen-bond donors (Lipinski definition) is 1. The highest BCUT2D eigenvalue weighted by molar-refractivity contribution is 7.15. The van der Waals surface area contributed by atoms with Gasteiger partial charge in [0.2, 0.25) is 4.96 Å². The highest BCUT2D eigenvalue weighted by Gasteiger charge is 2.14. The molecule has 0 bridgehead atoms. The van der Waals surface area contributed by atoms with Gasteiger partial charge in [0.15, 0.2) is 0 Å². The van der Waals surface area contributed by atoms with Crippen molar-refractivity contribution in [2.75, 3.05) is 5.32 Å². The van der Waals surface area contributed by atoms with Crippen molar-refractivity contribution in [2.45, 2.75) is 0 Å². The second kappa shape index (κ2) is 5.58. The maximum atomic E-state index is 12.1. The maximum absolute atomic E-state index is 12.1. The number of carbonyl (C=O) groups excluding carboxylic acids is 1. The fraction of sp³-hybridized carbons (Fsp3) is 0. The molecule has 1 aromatic carbocycles. The Morgan fingerprint density at radius 2 is 2.04 bits per heavy atom. The molecule has 0 aliphatic heterocycles. The molecule has 0 fully saturated rings. The van der Waals surface area contributed by atoms with E-state index in [0.29, 0.717) is 4.96 Å². The van der Waals surface area contributed by atoms with Crippen molar-refractivity contribution < 1.29 is 4.79 Å². The molecule has 0 unspecified atom stereocenters. The first kappa shape index (κ1) is 13.5. The number of amides is 1. The van der Waals surface area contributed by atoms with Gasteiger partial charge < -0.3 is 0 Å². The van der Waals surface area contributed by atoms with E-state index in [0.717, 1.165) is 11.3 Å². The van der Waals surface area contributed by atoms with Crippen LogP contribution in [0.25, 0.3) is 16.2 Å². The second-order valence-corrected chi connectivity index (χ2v) is 5.50. The summed E-state index contributed by atoms with van der Waals surface area (Å²) in [6, 6.07) is 9.89. The van der Waals surface area contributed by atoms with Crippen LogP contribution in [0.3, 0.4) is 0 Å². The Kier molecular flexibility index (Phi) is 3.28. The summed E-state index contributed by atoms with van der Waals surface area (Å²) in [6.07, 6.45) is 4.36. The van der Waals surface area contributed by atoms with Crippen molar-refractivity contribution >= 4 is 28.2 Å². The molecule has 8 heteroatoms. The van der Waals surface area contributed by atoms with E-state index in [2.05, 4.69) is 25.4 Å². The Bertz CT molecular complexity index is 963. The van der Waals surface area contributed by atoms with Gasteiger partial charge >= 0.3 is 0 Å². The Balaban J connectivity index is 1.65. The lowest BCUT2D eigenvalue weighted by atomic mass is 10.2. The van der Waals surface area contributed by atoms with Gasteiger partial charge in [0, 0.05) is 23.3 Å². The molecule has 1 N–H and O–H groups in total. The summed E-state index contributed by atoms with van der Waals surface area (Å²) in [5, 5.41) is 8.97. The minimum atomic E-state index is -0.391. The summed E-state index contributed by atoms with van der Waals surface area (Å²) in [4.78, 5) is 24.9. The summed E-state index contributed by atoms with van der Waals surface area (Å²) < 4.78 is 1.71. The van der Waals surface area contributed by atoms with Crippen LogP contribution in [0.15, 0.2) is 54.3 Å². The average molecular weight is 322 g/mol. The molecule has 0 saturated carbocycles. The van der Waals surface area contributed by atoms with Crippen LogP contribution in [0.2, 0.25) is 0 Å². The smallest absolute Gasteiger partial charge is 0.278 e. The van der Waals surface area contributed by atoms with Gasteiger partial charge in [-0.3, -0.25) is 15.1 Å². The predicted molar refractivity (Wildman–Crippen MR) is 86.3 cm³/mol. The molecule has 0 spiro atoms. The van der Waals surface area contributed by atoms with Gasteiger partial charge in [-0.2, -0.15) is 4.98 Å². The molecule has 0 aliphatic rings. The molecular weight excluding hydrogens is 312 g/mol. The topological polar surface area (TPSA) is 85.1 Å². The van der Waals surface area contributed by atoms with Gasteiger partial charge in [-0.1, -0.05) is 30.3 Å². The Labute approximate surface area is 134 Å². The monoisotopic (exact) mass is 322 g/mol. The van der Waals surface area contributed by atoms with Crippen molar-refractivity contribution in [1.82, 2.24) is 24.6 Å². The van der Waals surface area contributed by atoms with Gasteiger partial charge in [-0.05, 0) is 0 Å². The van der Waals surface area contributed by atoms with Crippen LogP contribution in [0.4, 0.5) is 5.95 Å². The van der Waals surface area contributed by atoms with Crippen molar-refractivity contribution in [3.8, 4) is 11.3 Å². The molecule has 0 radical (unpaired) electrons. The molecule has 1 amide bonds. The molecule has 3 heterocycles. The number of aromatic nitrogens is 5. The zero-order chi connectivity index (χ0) is 15.6. The maximum Gasteiger partial charge on any atom is 0.278 e. The average Bonchev–Trinajstić information content (AvgIpc) is 3.16. The van der Waals surface area contributed by atoms with Gasteiger partial charge in [0.1, 0.15) is 5.69 Å². The highest BCUT2D eigenvalue weighted by atomic mass is 32.1. The number of thiazole rings is 1. The summed E-state index contributed by atoms with van der Waals surface area (Å²) in [5.74, 6) is -0.151. The number of carbonyl (C=O) groups is 1. The van der Waals surface area contributed by atoms with E-state index in [1.54, 1.807) is 4.52 Å². The molecule has 3 aromatic heterocycles. The number of hydrogen-bond acceptors (Lipinski definition) is 6. The van der Waals surface area contributed by atoms with Gasteiger partial charge in [0.05, 0.1) is 11.9 Å². The number of benzene rings is 1. The lowest BCUT2D eigenvalue weighted by Crippen LogP contribution is -2.14. The number of anilines is 1. The number of nitrogens with one attached hydrogen (secondary N) is 1. The van der Waals surface area contributed by atoms with E-state index < -0.39 is 5.91 Å². The number of rotatable bonds is 3. The molecular formula is C15H10N6OS. The van der Waals surface area contributed by atoms with Crippen LogP contribution in [0.1, 0.15) is 10.5 Å². The third-order valence-corrected chi connectivity index (χ3v) is 3.99. The summed E-state index contributed by atoms with van der Waals surface area (Å²) in [7, 11) is 0. The molecule has 0 aliphatic carbocycles. The third kappa shape index (κ3) is 2.55. The Hall–Kier alpha value is -3.13. The van der Waals surface area contributed by atoms with Crippen molar-refractivity contribution in [2.24, 2.45) is 0 Å². The molecule has 7 nitrogen and oxygen atoms in total. The summed E-state index contributed by atoms with van der Waals surface area (Å²) >= 11 is 1.46. The molecule has 4 rings (SSSR count). The van der Waals surface area contributed by atoms with Crippen LogP contribution in [0.5, 0.6) is 0 Å². The molecule has 4 aromatic rings. The fourth-order valence-electron chi connectivity index (χ4n) is 2.12. The van der Waals surface area contributed by atoms with Crippen molar-refractivity contribution in [3.05, 3.63) is 60.0 Å². The van der Waals surface area contributed by atoms with Crippen LogP contribution in [0, 0.1) is 0 Å². The van der Waals surface area contributed by atoms with E-state index >= 15 is 0 Å². The van der Waals surface area contributed by atoms with Crippen LogP contribution in [-0.4, -0.2) is 30.5 Å². The first-order chi connectivity index (χ1) is 11.3. The quantitative estimate of drug-likeness (QED) is 0.626. The van der Waals surface area contributed by atoms with Crippen LogP contribution >= 0.6 is 11.3 Å². The Morgan fingerprint density at radius 3 is 2.83 bits per heavy atom. The van der Waals surface area contributed by atoms with E-state index in [4.69, 9.17) is 0 Å². The lowest BCUT2D eigenvalue weighted by molar-refractivity contribution is 0.102. The highest BCUT2D eigenvalue weighted by Crippen LogP contribution is 2.25. The van der Waals surface area contributed by atoms with E-state index in [-0.39, 0.29) is 11.6 Å². The van der Waals surface area contributed by atoms with Gasteiger partial charge in [-0.25, -0.2) is 9.50 Å². The van der Waals surface area contributed by atoms with Gasteiger partial charge in [-0.15, -0.1) is 16.4 Å². The normalized spacial score (nSPS) is 10.8. The minimum absolute atomic E-state index is 0.217. The SMILES string of the molecule is O=C(Nc1nc2scc(-c3ccccc3)n2n1)c1cnccn1. The number of fused-ring (bicyclic) bond motifs is 1. The standard InChI is InChI=1S/C15H10N6OS/c22-13(11-8-16-6-7-17-11)18-14-19-15-21(20-14)12(9-23-15)10-4-2-1-3-5-10/h1-9H,(H,18,20,22). The first-order valence-electron chi connectivity index (χ1n) is 6.78. The van der Waals surface area contributed by atoms with E-state index in [1.165, 1.54) is 29.9 Å². The minimum Gasteiger partial charge on any atom is -0.288 e. The Morgan fingerprint density at radius 1 is 1.17 bits per heavy atom. The fourth-order valence-corrected chi connectivity index (χ4v) is 2.95.